The third-order valence-electron chi connectivity index (χ3n) is 4.26. The van der Waals surface area contributed by atoms with E-state index in [1.54, 1.807) is 43.8 Å². The van der Waals surface area contributed by atoms with E-state index in [9.17, 15) is 4.79 Å². The summed E-state index contributed by atoms with van der Waals surface area (Å²) in [6, 6.07) is 11.1. The Kier molecular flexibility index (Phi) is 5.05. The summed E-state index contributed by atoms with van der Waals surface area (Å²) in [5.41, 5.74) is 2.49. The van der Waals surface area contributed by atoms with Crippen LogP contribution in [0, 0.1) is 6.92 Å². The van der Waals surface area contributed by atoms with Crippen molar-refractivity contribution in [2.24, 2.45) is 0 Å². The molecule has 29 heavy (non-hydrogen) atoms. The predicted molar refractivity (Wildman–Crippen MR) is 112 cm³/mol. The number of rotatable bonds is 5. The Balaban J connectivity index is 1.71. The molecule has 3 heterocycles. The first kappa shape index (κ1) is 18.8. The van der Waals surface area contributed by atoms with Crippen molar-refractivity contribution >= 4 is 23.1 Å². The fraction of sp³-hybridized carbons (Fsp3) is 0.150. The van der Waals surface area contributed by atoms with Crippen molar-refractivity contribution in [1.82, 2.24) is 25.5 Å². The average molecular weight is 406 g/mol. The minimum atomic E-state index is -0.143. The topological polar surface area (TPSA) is 106 Å². The summed E-state index contributed by atoms with van der Waals surface area (Å²) in [5.74, 6) is 1.12. The Labute approximate surface area is 171 Å². The van der Waals surface area contributed by atoms with E-state index in [0.717, 1.165) is 15.3 Å². The third-order valence-corrected chi connectivity index (χ3v) is 5.25. The van der Waals surface area contributed by atoms with E-state index >= 15 is 0 Å². The fourth-order valence-electron chi connectivity index (χ4n) is 2.76. The molecule has 0 atom stereocenters. The molecule has 3 aromatic heterocycles. The van der Waals surface area contributed by atoms with Crippen LogP contribution >= 0.6 is 11.3 Å². The van der Waals surface area contributed by atoms with Gasteiger partial charge in [-0.2, -0.15) is 0 Å². The average Bonchev–Trinajstić information content (AvgIpc) is 3.42. The molecule has 0 unspecified atom stereocenters. The highest BCUT2D eigenvalue weighted by atomic mass is 32.1. The van der Waals surface area contributed by atoms with Gasteiger partial charge in [0.15, 0.2) is 11.5 Å². The minimum absolute atomic E-state index is 0.143. The van der Waals surface area contributed by atoms with Crippen LogP contribution in [0.1, 0.15) is 15.2 Å². The Morgan fingerprint density at radius 2 is 1.79 bits per heavy atom. The molecule has 2 N–H and O–H groups in total. The van der Waals surface area contributed by atoms with Crippen molar-refractivity contribution in [2.45, 2.75) is 6.92 Å². The van der Waals surface area contributed by atoms with Crippen molar-refractivity contribution in [3.63, 3.8) is 0 Å². The van der Waals surface area contributed by atoms with Crippen LogP contribution in [-0.2, 0) is 0 Å². The van der Waals surface area contributed by atoms with Crippen LogP contribution in [0.15, 0.2) is 47.0 Å². The monoisotopic (exact) mass is 406 g/mol. The molecule has 1 amide bonds. The van der Waals surface area contributed by atoms with Crippen LogP contribution in [-0.4, -0.2) is 40.2 Å². The smallest absolute Gasteiger partial charge is 0.270 e. The predicted octanol–water partition coefficient (Wildman–Crippen LogP) is 3.63. The van der Waals surface area contributed by atoms with E-state index in [0.29, 0.717) is 28.7 Å². The van der Waals surface area contributed by atoms with Gasteiger partial charge >= 0.3 is 0 Å². The second kappa shape index (κ2) is 7.80. The lowest BCUT2D eigenvalue weighted by Gasteiger charge is -2.07. The van der Waals surface area contributed by atoms with Crippen LogP contribution in [0.25, 0.3) is 33.6 Å². The summed E-state index contributed by atoms with van der Waals surface area (Å²) >= 11 is 1.58. The summed E-state index contributed by atoms with van der Waals surface area (Å²) in [5, 5.41) is 13.9. The van der Waals surface area contributed by atoms with Crippen molar-refractivity contribution in [3.05, 3.63) is 53.0 Å². The van der Waals surface area contributed by atoms with Gasteiger partial charge in [0, 0.05) is 30.1 Å². The molecule has 0 fully saturated rings. The number of carbonyl (C=O) groups is 1. The summed E-state index contributed by atoms with van der Waals surface area (Å²) in [6.07, 6.45) is 1.66. The van der Waals surface area contributed by atoms with Gasteiger partial charge < -0.3 is 15.1 Å². The number of aromatic nitrogens is 4. The first-order chi connectivity index (χ1) is 14.1. The van der Waals surface area contributed by atoms with E-state index < -0.39 is 0 Å². The highest BCUT2D eigenvalue weighted by molar-refractivity contribution is 7.15. The van der Waals surface area contributed by atoms with Crippen molar-refractivity contribution in [3.8, 4) is 33.6 Å². The first-order valence-electron chi connectivity index (χ1n) is 8.87. The summed E-state index contributed by atoms with van der Waals surface area (Å²) in [6.45, 7) is 2.02. The zero-order chi connectivity index (χ0) is 20.4. The molecule has 1 aromatic carbocycles. The molecule has 0 spiro atoms. The molecule has 8 nitrogen and oxygen atoms in total. The molecule has 0 saturated heterocycles. The summed E-state index contributed by atoms with van der Waals surface area (Å²) < 4.78 is 5.86. The summed E-state index contributed by atoms with van der Waals surface area (Å²) in [7, 11) is 3.35. The molecule has 0 aliphatic heterocycles. The molecule has 0 aliphatic rings. The molecular formula is C20H18N6O2S. The number of thiophene rings is 1. The highest BCUT2D eigenvalue weighted by Gasteiger charge is 2.18. The lowest BCUT2D eigenvalue weighted by molar-refractivity contribution is 0.0963. The molecule has 4 rings (SSSR count). The van der Waals surface area contributed by atoms with Gasteiger partial charge in [0.05, 0.1) is 16.8 Å². The van der Waals surface area contributed by atoms with Crippen molar-refractivity contribution in [2.75, 3.05) is 19.4 Å². The van der Waals surface area contributed by atoms with Crippen LogP contribution in [0.3, 0.4) is 0 Å². The minimum Gasteiger partial charge on any atom is -0.414 e. The first-order valence-corrected chi connectivity index (χ1v) is 9.68. The van der Waals surface area contributed by atoms with Crippen molar-refractivity contribution < 1.29 is 9.21 Å². The van der Waals surface area contributed by atoms with Gasteiger partial charge in [-0.05, 0) is 31.2 Å². The quantitative estimate of drug-likeness (QED) is 0.521. The Hall–Kier alpha value is -3.59. The summed E-state index contributed by atoms with van der Waals surface area (Å²) in [4.78, 5) is 22.9. The zero-order valence-corrected chi connectivity index (χ0v) is 16.9. The fourth-order valence-corrected chi connectivity index (χ4v) is 3.55. The van der Waals surface area contributed by atoms with Crippen molar-refractivity contribution in [1.29, 1.82) is 0 Å². The number of amides is 1. The maximum absolute atomic E-state index is 11.7. The van der Waals surface area contributed by atoms with E-state index in [-0.39, 0.29) is 11.8 Å². The number of carbonyl (C=O) groups excluding carboxylic acids is 1. The van der Waals surface area contributed by atoms with Gasteiger partial charge in [0.25, 0.3) is 17.7 Å². The maximum Gasteiger partial charge on any atom is 0.270 e. The SMILES string of the molecule is CNC(=O)c1ccc(-c2cnc(NC)c(-c3nnc(-c4ccc(C)s4)o3)n2)cc1. The molecule has 0 bridgehead atoms. The largest absolute Gasteiger partial charge is 0.414 e. The number of aryl methyl sites for hydroxylation is 1. The number of nitrogens with one attached hydrogen (secondary N) is 2. The maximum atomic E-state index is 11.7. The number of hydrogen-bond acceptors (Lipinski definition) is 8. The number of nitrogens with zero attached hydrogens (tertiary/aromatic N) is 4. The lowest BCUT2D eigenvalue weighted by Crippen LogP contribution is -2.17. The van der Waals surface area contributed by atoms with E-state index in [2.05, 4.69) is 30.8 Å². The van der Waals surface area contributed by atoms with Crippen LogP contribution in [0.5, 0.6) is 0 Å². The van der Waals surface area contributed by atoms with Gasteiger partial charge in [-0.3, -0.25) is 4.79 Å². The lowest BCUT2D eigenvalue weighted by atomic mass is 10.1. The van der Waals surface area contributed by atoms with E-state index in [1.807, 2.05) is 31.2 Å². The Bertz CT molecular complexity index is 1170. The second-order valence-corrected chi connectivity index (χ2v) is 7.47. The number of benzene rings is 1. The van der Waals surface area contributed by atoms with E-state index in [1.165, 1.54) is 0 Å². The van der Waals surface area contributed by atoms with Crippen LogP contribution in [0.2, 0.25) is 0 Å². The van der Waals surface area contributed by atoms with E-state index in [4.69, 9.17) is 4.42 Å². The van der Waals surface area contributed by atoms with Gasteiger partial charge in [0.2, 0.25) is 0 Å². The Morgan fingerprint density at radius 1 is 1.03 bits per heavy atom. The normalized spacial score (nSPS) is 10.7. The van der Waals surface area contributed by atoms with Gasteiger partial charge in [-0.15, -0.1) is 21.5 Å². The third kappa shape index (κ3) is 3.72. The number of hydrogen-bond donors (Lipinski definition) is 2. The molecule has 4 aromatic rings. The standard InChI is InChI=1S/C20H18N6O2S/c1-11-4-9-15(29-11)19-25-26-20(28-19)16-17(21-2)23-10-14(24-16)12-5-7-13(8-6-12)18(27)22-3/h4-10H,1-3H3,(H,21,23)(H,22,27). The number of anilines is 1. The molecule has 146 valence electrons. The Morgan fingerprint density at radius 3 is 2.45 bits per heavy atom. The molecule has 0 radical (unpaired) electrons. The molecule has 9 heteroatoms. The molecule has 0 aliphatic carbocycles. The highest BCUT2D eigenvalue weighted by Crippen LogP contribution is 2.31. The molecular weight excluding hydrogens is 388 g/mol. The van der Waals surface area contributed by atoms with Gasteiger partial charge in [-0.25, -0.2) is 9.97 Å². The van der Waals surface area contributed by atoms with Crippen LogP contribution in [0.4, 0.5) is 5.82 Å². The van der Waals surface area contributed by atoms with Gasteiger partial charge in [-0.1, -0.05) is 12.1 Å². The second-order valence-electron chi connectivity index (χ2n) is 6.18. The van der Waals surface area contributed by atoms with Crippen LogP contribution < -0.4 is 10.6 Å². The zero-order valence-electron chi connectivity index (χ0n) is 16.1. The molecule has 0 saturated carbocycles. The van der Waals surface area contributed by atoms with Gasteiger partial charge in [0.1, 0.15) is 0 Å².